The number of carbonyl (C=O) groups is 2. The lowest BCUT2D eigenvalue weighted by Crippen LogP contribution is -2.14. The molecule has 0 fully saturated rings. The lowest BCUT2D eigenvalue weighted by molar-refractivity contribution is -0.113. The first kappa shape index (κ1) is 17.4. The van der Waals surface area contributed by atoms with E-state index in [2.05, 4.69) is 10.3 Å². The Morgan fingerprint density at radius 1 is 1.16 bits per heavy atom. The summed E-state index contributed by atoms with van der Waals surface area (Å²) < 4.78 is 0. The average Bonchev–Trinajstić information content (AvgIpc) is 3.11. The standard InChI is InChI=1S/C19H16N2O2S2/c22-10-14-5-4-8-16(9-14)20-18(23)13-24-11-17-12-25-19(21-17)15-6-2-1-3-7-15/h1-10,12H,11,13H2,(H,20,23). The highest BCUT2D eigenvalue weighted by Gasteiger charge is 2.07. The summed E-state index contributed by atoms with van der Waals surface area (Å²) in [7, 11) is 0. The van der Waals surface area contributed by atoms with Crippen LogP contribution in [0.2, 0.25) is 0 Å². The third-order valence-electron chi connectivity index (χ3n) is 3.36. The third-order valence-corrected chi connectivity index (χ3v) is 5.27. The van der Waals surface area contributed by atoms with Crippen LogP contribution in [0, 0.1) is 0 Å². The van der Waals surface area contributed by atoms with Gasteiger partial charge in [-0.25, -0.2) is 4.98 Å². The zero-order chi connectivity index (χ0) is 17.5. The summed E-state index contributed by atoms with van der Waals surface area (Å²) in [6, 6.07) is 16.9. The van der Waals surface area contributed by atoms with Gasteiger partial charge in [-0.15, -0.1) is 23.1 Å². The Balaban J connectivity index is 1.48. The van der Waals surface area contributed by atoms with Crippen LogP contribution in [0.15, 0.2) is 60.0 Å². The van der Waals surface area contributed by atoms with Gasteiger partial charge in [0.15, 0.2) is 0 Å². The highest BCUT2D eigenvalue weighted by Crippen LogP contribution is 2.25. The quantitative estimate of drug-likeness (QED) is 0.624. The molecule has 1 aromatic heterocycles. The first-order chi connectivity index (χ1) is 12.2. The molecule has 0 saturated carbocycles. The summed E-state index contributed by atoms with van der Waals surface area (Å²) in [5.74, 6) is 0.931. The van der Waals surface area contributed by atoms with Crippen LogP contribution in [0.4, 0.5) is 5.69 Å². The number of hydrogen-bond acceptors (Lipinski definition) is 5. The lowest BCUT2D eigenvalue weighted by atomic mass is 10.2. The molecule has 3 rings (SSSR count). The summed E-state index contributed by atoms with van der Waals surface area (Å²) in [5, 5.41) is 5.82. The number of thiazole rings is 1. The first-order valence-corrected chi connectivity index (χ1v) is 9.71. The third kappa shape index (κ3) is 5.01. The van der Waals surface area contributed by atoms with E-state index in [4.69, 9.17) is 0 Å². The topological polar surface area (TPSA) is 59.1 Å². The minimum Gasteiger partial charge on any atom is -0.325 e. The van der Waals surface area contributed by atoms with Gasteiger partial charge in [-0.3, -0.25) is 9.59 Å². The van der Waals surface area contributed by atoms with E-state index in [1.807, 2.05) is 35.7 Å². The maximum absolute atomic E-state index is 12.0. The van der Waals surface area contributed by atoms with Gasteiger partial charge in [-0.05, 0) is 12.1 Å². The van der Waals surface area contributed by atoms with Crippen LogP contribution >= 0.6 is 23.1 Å². The number of nitrogens with zero attached hydrogens (tertiary/aromatic N) is 1. The van der Waals surface area contributed by atoms with E-state index in [0.29, 0.717) is 22.8 Å². The summed E-state index contributed by atoms with van der Waals surface area (Å²) in [5.41, 5.74) is 3.26. The van der Waals surface area contributed by atoms with E-state index >= 15 is 0 Å². The molecule has 0 radical (unpaired) electrons. The number of thioether (sulfide) groups is 1. The van der Waals surface area contributed by atoms with E-state index in [9.17, 15) is 9.59 Å². The highest BCUT2D eigenvalue weighted by molar-refractivity contribution is 7.99. The maximum atomic E-state index is 12.0. The Kier molecular flexibility index (Phi) is 5.98. The fourth-order valence-corrected chi connectivity index (χ4v) is 3.87. The fraction of sp³-hybridized carbons (Fsp3) is 0.105. The van der Waals surface area contributed by atoms with Gasteiger partial charge in [0.1, 0.15) is 11.3 Å². The van der Waals surface area contributed by atoms with Crippen LogP contribution in [-0.2, 0) is 10.5 Å². The number of anilines is 1. The zero-order valence-corrected chi connectivity index (χ0v) is 15.0. The van der Waals surface area contributed by atoms with Crippen molar-refractivity contribution < 1.29 is 9.59 Å². The first-order valence-electron chi connectivity index (χ1n) is 7.67. The van der Waals surface area contributed by atoms with E-state index < -0.39 is 0 Å². The van der Waals surface area contributed by atoms with Crippen LogP contribution in [0.3, 0.4) is 0 Å². The molecule has 1 heterocycles. The van der Waals surface area contributed by atoms with Crippen molar-refractivity contribution in [3.05, 3.63) is 71.2 Å². The van der Waals surface area contributed by atoms with Crippen LogP contribution in [0.5, 0.6) is 0 Å². The van der Waals surface area contributed by atoms with E-state index in [1.54, 1.807) is 35.6 Å². The summed E-state index contributed by atoms with van der Waals surface area (Å²) in [6.07, 6.45) is 0.761. The average molecular weight is 368 g/mol. The number of hydrogen-bond donors (Lipinski definition) is 1. The van der Waals surface area contributed by atoms with Gasteiger partial charge in [0.25, 0.3) is 0 Å². The van der Waals surface area contributed by atoms with E-state index in [0.717, 1.165) is 22.6 Å². The van der Waals surface area contributed by atoms with Crippen molar-refractivity contribution in [2.75, 3.05) is 11.1 Å². The molecule has 2 aromatic carbocycles. The number of amides is 1. The monoisotopic (exact) mass is 368 g/mol. The number of aldehydes is 1. The van der Waals surface area contributed by atoms with Gasteiger partial charge in [-0.1, -0.05) is 42.5 Å². The molecule has 0 bridgehead atoms. The van der Waals surface area contributed by atoms with E-state index in [1.165, 1.54) is 11.8 Å². The Morgan fingerprint density at radius 3 is 2.80 bits per heavy atom. The Bertz CT molecular complexity index is 863. The maximum Gasteiger partial charge on any atom is 0.234 e. The van der Waals surface area contributed by atoms with Crippen molar-refractivity contribution in [3.8, 4) is 10.6 Å². The van der Waals surface area contributed by atoms with Crippen molar-refractivity contribution >= 4 is 41.0 Å². The van der Waals surface area contributed by atoms with Crippen molar-refractivity contribution in [2.24, 2.45) is 0 Å². The van der Waals surface area contributed by atoms with Crippen molar-refractivity contribution in [2.45, 2.75) is 5.75 Å². The van der Waals surface area contributed by atoms with Gasteiger partial charge >= 0.3 is 0 Å². The second-order valence-electron chi connectivity index (χ2n) is 5.29. The highest BCUT2D eigenvalue weighted by atomic mass is 32.2. The van der Waals surface area contributed by atoms with Crippen molar-refractivity contribution in [3.63, 3.8) is 0 Å². The molecule has 0 saturated heterocycles. The molecule has 4 nitrogen and oxygen atoms in total. The number of aromatic nitrogens is 1. The van der Waals surface area contributed by atoms with Crippen LogP contribution in [0.25, 0.3) is 10.6 Å². The molecule has 1 N–H and O–H groups in total. The normalized spacial score (nSPS) is 10.4. The minimum absolute atomic E-state index is 0.0911. The lowest BCUT2D eigenvalue weighted by Gasteiger charge is -2.05. The molecule has 1 amide bonds. The molecule has 0 atom stereocenters. The van der Waals surface area contributed by atoms with Crippen LogP contribution < -0.4 is 5.32 Å². The number of rotatable bonds is 7. The number of benzene rings is 2. The summed E-state index contributed by atoms with van der Waals surface area (Å²) in [4.78, 5) is 27.4. The van der Waals surface area contributed by atoms with Crippen LogP contribution in [-0.4, -0.2) is 22.9 Å². The molecule has 0 aliphatic heterocycles. The molecule has 3 aromatic rings. The SMILES string of the molecule is O=Cc1cccc(NC(=O)CSCc2csc(-c3ccccc3)n2)c1. The largest absolute Gasteiger partial charge is 0.325 e. The van der Waals surface area contributed by atoms with Crippen molar-refractivity contribution in [1.82, 2.24) is 4.98 Å². The summed E-state index contributed by atoms with van der Waals surface area (Å²) in [6.45, 7) is 0. The Morgan fingerprint density at radius 2 is 2.00 bits per heavy atom. The molecule has 126 valence electrons. The molecule has 0 aliphatic carbocycles. The smallest absolute Gasteiger partial charge is 0.234 e. The molecule has 0 spiro atoms. The van der Waals surface area contributed by atoms with Gasteiger partial charge in [0.05, 0.1) is 11.4 Å². The molecular formula is C19H16N2O2S2. The Hall–Kier alpha value is -2.44. The van der Waals surface area contributed by atoms with Crippen LogP contribution in [0.1, 0.15) is 16.1 Å². The predicted octanol–water partition coefficient (Wildman–Crippen LogP) is 4.49. The van der Waals surface area contributed by atoms with Gasteiger partial charge in [0.2, 0.25) is 5.91 Å². The number of carbonyl (C=O) groups excluding carboxylic acids is 2. The minimum atomic E-state index is -0.0911. The zero-order valence-electron chi connectivity index (χ0n) is 13.3. The molecule has 0 unspecified atom stereocenters. The van der Waals surface area contributed by atoms with E-state index in [-0.39, 0.29) is 5.91 Å². The molecule has 6 heteroatoms. The summed E-state index contributed by atoms with van der Waals surface area (Å²) >= 11 is 3.12. The van der Waals surface area contributed by atoms with Gasteiger partial charge in [-0.2, -0.15) is 0 Å². The second-order valence-corrected chi connectivity index (χ2v) is 7.14. The predicted molar refractivity (Wildman–Crippen MR) is 104 cm³/mol. The Labute approximate surface area is 154 Å². The van der Waals surface area contributed by atoms with Crippen molar-refractivity contribution in [1.29, 1.82) is 0 Å². The molecular weight excluding hydrogens is 352 g/mol. The second kappa shape index (κ2) is 8.60. The molecule has 25 heavy (non-hydrogen) atoms. The van der Waals surface area contributed by atoms with Gasteiger partial charge in [0, 0.05) is 27.9 Å². The molecule has 0 aliphatic rings. The number of nitrogens with one attached hydrogen (secondary N) is 1. The van der Waals surface area contributed by atoms with Gasteiger partial charge < -0.3 is 5.32 Å². The fourth-order valence-electron chi connectivity index (χ4n) is 2.22.